The third-order valence-corrected chi connectivity index (χ3v) is 4.80. The summed E-state index contributed by atoms with van der Waals surface area (Å²) in [6.07, 6.45) is 3.05. The molecule has 2 atom stereocenters. The Bertz CT molecular complexity index is 729. The van der Waals surface area contributed by atoms with Crippen LogP contribution in [0, 0.1) is 0 Å². The van der Waals surface area contributed by atoms with Gasteiger partial charge in [-0.2, -0.15) is 0 Å². The van der Waals surface area contributed by atoms with Gasteiger partial charge in [-0.05, 0) is 24.6 Å². The molecule has 4 nitrogen and oxygen atoms in total. The summed E-state index contributed by atoms with van der Waals surface area (Å²) in [6.45, 7) is 5.13. The Morgan fingerprint density at radius 2 is 2.08 bits per heavy atom. The van der Waals surface area contributed by atoms with Crippen molar-refractivity contribution in [3.8, 4) is 5.75 Å². The molecule has 2 aliphatic heterocycles. The molecule has 4 heteroatoms. The number of piperazine rings is 1. The highest BCUT2D eigenvalue weighted by Gasteiger charge is 2.26. The second kappa shape index (κ2) is 6.65. The van der Waals surface area contributed by atoms with Crippen LogP contribution in [0.5, 0.6) is 5.75 Å². The van der Waals surface area contributed by atoms with Crippen molar-refractivity contribution >= 4 is 17.6 Å². The smallest absolute Gasteiger partial charge is 0.122 e. The summed E-state index contributed by atoms with van der Waals surface area (Å²) in [7, 11) is 0. The Hall–Kier alpha value is -2.33. The van der Waals surface area contributed by atoms with E-state index in [1.54, 1.807) is 0 Å². The maximum atomic E-state index is 6.19. The van der Waals surface area contributed by atoms with E-state index in [1.807, 2.05) is 30.5 Å². The third-order valence-electron chi connectivity index (χ3n) is 4.80. The first-order chi connectivity index (χ1) is 11.8. The molecule has 0 aromatic heterocycles. The van der Waals surface area contributed by atoms with Gasteiger partial charge in [-0.3, -0.25) is 4.99 Å². The Balaban J connectivity index is 1.60. The van der Waals surface area contributed by atoms with Crippen molar-refractivity contribution in [1.82, 2.24) is 5.32 Å². The van der Waals surface area contributed by atoms with Crippen LogP contribution in [-0.2, 0) is 0 Å². The molecular weight excluding hydrogens is 298 g/mol. The molecule has 1 unspecified atom stereocenters. The summed E-state index contributed by atoms with van der Waals surface area (Å²) in [5, 5.41) is 3.48. The fourth-order valence-corrected chi connectivity index (χ4v) is 3.47. The quantitative estimate of drug-likeness (QED) is 0.936. The standard InChI is InChI=1S/C20H23N3O/c1-15(16-5-3-2-4-6-16)24-18-7-8-19-20(13-18)23-12-11-21-14-17(23)9-10-22-19/h2-8,10,13,15,17,21H,9,11-12,14H2,1H3/t15-,17?/m1/s1. The Morgan fingerprint density at radius 1 is 1.21 bits per heavy atom. The number of nitrogens with one attached hydrogen (secondary N) is 1. The minimum atomic E-state index is 0.0253. The van der Waals surface area contributed by atoms with Gasteiger partial charge >= 0.3 is 0 Å². The van der Waals surface area contributed by atoms with Crippen molar-refractivity contribution in [2.75, 3.05) is 24.5 Å². The lowest BCUT2D eigenvalue weighted by molar-refractivity contribution is 0.227. The van der Waals surface area contributed by atoms with Gasteiger partial charge in [0.1, 0.15) is 11.9 Å². The molecule has 0 bridgehead atoms. The largest absolute Gasteiger partial charge is 0.486 e. The van der Waals surface area contributed by atoms with Crippen molar-refractivity contribution in [2.24, 2.45) is 4.99 Å². The maximum absolute atomic E-state index is 6.19. The Labute approximate surface area is 143 Å². The predicted octanol–water partition coefficient (Wildman–Crippen LogP) is 3.71. The SMILES string of the molecule is C[C@@H](Oc1ccc2c(c1)N1CCNCC1CC=N2)c1ccccc1. The minimum absolute atomic E-state index is 0.0253. The van der Waals surface area contributed by atoms with E-state index in [2.05, 4.69) is 46.4 Å². The van der Waals surface area contributed by atoms with E-state index in [-0.39, 0.29) is 6.10 Å². The summed E-state index contributed by atoms with van der Waals surface area (Å²) < 4.78 is 6.19. The van der Waals surface area contributed by atoms with Crippen LogP contribution in [0.4, 0.5) is 11.4 Å². The Morgan fingerprint density at radius 3 is 2.96 bits per heavy atom. The summed E-state index contributed by atoms with van der Waals surface area (Å²) in [4.78, 5) is 7.11. The summed E-state index contributed by atoms with van der Waals surface area (Å²) in [5.41, 5.74) is 3.41. The maximum Gasteiger partial charge on any atom is 0.122 e. The van der Waals surface area contributed by atoms with E-state index in [4.69, 9.17) is 4.74 Å². The molecule has 2 aromatic rings. The van der Waals surface area contributed by atoms with Crippen molar-refractivity contribution < 1.29 is 4.74 Å². The van der Waals surface area contributed by atoms with Crippen LogP contribution in [-0.4, -0.2) is 31.9 Å². The highest BCUT2D eigenvalue weighted by Crippen LogP contribution is 2.37. The zero-order valence-electron chi connectivity index (χ0n) is 14.0. The molecule has 0 aliphatic carbocycles. The van der Waals surface area contributed by atoms with Crippen molar-refractivity contribution in [1.29, 1.82) is 0 Å². The van der Waals surface area contributed by atoms with Gasteiger partial charge < -0.3 is 15.0 Å². The lowest BCUT2D eigenvalue weighted by Crippen LogP contribution is -2.51. The van der Waals surface area contributed by atoms with E-state index in [0.717, 1.165) is 37.5 Å². The highest BCUT2D eigenvalue weighted by molar-refractivity contribution is 5.78. The first-order valence-corrected chi connectivity index (χ1v) is 8.67. The first-order valence-electron chi connectivity index (χ1n) is 8.67. The minimum Gasteiger partial charge on any atom is -0.486 e. The molecule has 124 valence electrons. The topological polar surface area (TPSA) is 36.9 Å². The molecular formula is C20H23N3O. The number of nitrogens with zero attached hydrogens (tertiary/aromatic N) is 2. The van der Waals surface area contributed by atoms with Crippen LogP contribution in [0.25, 0.3) is 0 Å². The number of hydrogen-bond acceptors (Lipinski definition) is 4. The van der Waals surface area contributed by atoms with E-state index in [0.29, 0.717) is 6.04 Å². The van der Waals surface area contributed by atoms with Crippen LogP contribution < -0.4 is 15.0 Å². The van der Waals surface area contributed by atoms with E-state index in [9.17, 15) is 0 Å². The normalized spacial score (nSPS) is 20.7. The van der Waals surface area contributed by atoms with Gasteiger partial charge in [-0.15, -0.1) is 0 Å². The van der Waals surface area contributed by atoms with Gasteiger partial charge in [0.2, 0.25) is 0 Å². The molecule has 1 N–H and O–H groups in total. The van der Waals surface area contributed by atoms with Crippen molar-refractivity contribution in [3.63, 3.8) is 0 Å². The molecule has 0 spiro atoms. The zero-order valence-corrected chi connectivity index (χ0v) is 14.0. The van der Waals surface area contributed by atoms with Gasteiger partial charge in [0.05, 0.1) is 11.4 Å². The molecule has 1 fully saturated rings. The summed E-state index contributed by atoms with van der Waals surface area (Å²) in [6, 6.07) is 17.1. The molecule has 4 rings (SSSR count). The van der Waals surface area contributed by atoms with Crippen LogP contribution in [0.15, 0.2) is 53.5 Å². The molecule has 2 aromatic carbocycles. The van der Waals surface area contributed by atoms with Crippen molar-refractivity contribution in [2.45, 2.75) is 25.5 Å². The third kappa shape index (κ3) is 3.02. The lowest BCUT2D eigenvalue weighted by atomic mass is 10.1. The fourth-order valence-electron chi connectivity index (χ4n) is 3.47. The number of fused-ring (bicyclic) bond motifs is 3. The van der Waals surface area contributed by atoms with Gasteiger partial charge in [0, 0.05) is 44.4 Å². The fraction of sp³-hybridized carbons (Fsp3) is 0.350. The lowest BCUT2D eigenvalue weighted by Gasteiger charge is -2.37. The van der Waals surface area contributed by atoms with Crippen LogP contribution in [0.1, 0.15) is 25.0 Å². The average Bonchev–Trinajstić information content (AvgIpc) is 2.82. The molecule has 2 heterocycles. The average molecular weight is 321 g/mol. The highest BCUT2D eigenvalue weighted by atomic mass is 16.5. The van der Waals surface area contributed by atoms with Crippen LogP contribution in [0.3, 0.4) is 0 Å². The number of rotatable bonds is 3. The summed E-state index contributed by atoms with van der Waals surface area (Å²) in [5.74, 6) is 0.902. The second-order valence-corrected chi connectivity index (χ2v) is 6.42. The molecule has 0 amide bonds. The number of aliphatic imine (C=N–C) groups is 1. The molecule has 2 aliphatic rings. The number of anilines is 1. The van der Waals surface area contributed by atoms with Gasteiger partial charge in [-0.1, -0.05) is 30.3 Å². The Kier molecular flexibility index (Phi) is 4.22. The van der Waals surface area contributed by atoms with E-state index < -0.39 is 0 Å². The number of benzene rings is 2. The zero-order chi connectivity index (χ0) is 16.4. The number of hydrogen-bond donors (Lipinski definition) is 1. The van der Waals surface area contributed by atoms with Gasteiger partial charge in [0.25, 0.3) is 0 Å². The molecule has 24 heavy (non-hydrogen) atoms. The molecule has 0 radical (unpaired) electrons. The second-order valence-electron chi connectivity index (χ2n) is 6.42. The molecule has 1 saturated heterocycles. The van der Waals surface area contributed by atoms with Gasteiger partial charge in [-0.25, -0.2) is 0 Å². The summed E-state index contributed by atoms with van der Waals surface area (Å²) >= 11 is 0. The first kappa shape index (κ1) is 15.2. The monoisotopic (exact) mass is 321 g/mol. The molecule has 0 saturated carbocycles. The predicted molar refractivity (Wildman–Crippen MR) is 98.7 cm³/mol. The van der Waals surface area contributed by atoms with E-state index >= 15 is 0 Å². The van der Waals surface area contributed by atoms with E-state index in [1.165, 1.54) is 11.3 Å². The van der Waals surface area contributed by atoms with Gasteiger partial charge in [0.15, 0.2) is 0 Å². The number of ether oxygens (including phenoxy) is 1. The van der Waals surface area contributed by atoms with Crippen LogP contribution in [0.2, 0.25) is 0 Å². The van der Waals surface area contributed by atoms with Crippen LogP contribution >= 0.6 is 0 Å². The van der Waals surface area contributed by atoms with Crippen molar-refractivity contribution in [3.05, 3.63) is 54.1 Å².